The summed E-state index contributed by atoms with van der Waals surface area (Å²) in [6.07, 6.45) is 7.50. The number of rotatable bonds is 3. The second kappa shape index (κ2) is 8.76. The van der Waals surface area contributed by atoms with Gasteiger partial charge in [0.2, 0.25) is 0 Å². The predicted molar refractivity (Wildman–Crippen MR) is 125 cm³/mol. The van der Waals surface area contributed by atoms with Crippen LogP contribution in [0.2, 0.25) is 0 Å². The fourth-order valence-corrected chi connectivity index (χ4v) is 6.25. The normalized spacial score (nSPS) is 32.0. The minimum Gasteiger partial charge on any atom is -0.377 e. The summed E-state index contributed by atoms with van der Waals surface area (Å²) in [5, 5.41) is 7.27. The van der Waals surface area contributed by atoms with Gasteiger partial charge >= 0.3 is 0 Å². The largest absolute Gasteiger partial charge is 0.377 e. The Morgan fingerprint density at radius 3 is 2.73 bits per heavy atom. The van der Waals surface area contributed by atoms with Crippen molar-refractivity contribution >= 4 is 35.6 Å². The smallest absolute Gasteiger partial charge is 0.191 e. The van der Waals surface area contributed by atoms with Crippen molar-refractivity contribution < 1.29 is 13.5 Å². The highest BCUT2D eigenvalue weighted by Crippen LogP contribution is 2.60. The van der Waals surface area contributed by atoms with Crippen LogP contribution in [0, 0.1) is 23.0 Å². The Hall–Kier alpha value is -1.16. The Morgan fingerprint density at radius 2 is 2.00 bits per heavy atom. The number of nitrogens with zero attached hydrogens (tertiary/aromatic N) is 2. The van der Waals surface area contributed by atoms with E-state index in [0.717, 1.165) is 38.0 Å². The van der Waals surface area contributed by atoms with Crippen LogP contribution < -0.4 is 15.5 Å². The molecule has 2 aliphatic carbocycles. The van der Waals surface area contributed by atoms with Crippen LogP contribution in [-0.4, -0.2) is 50.9 Å². The van der Waals surface area contributed by atoms with Gasteiger partial charge in [0.25, 0.3) is 0 Å². The van der Waals surface area contributed by atoms with E-state index < -0.39 is 11.6 Å². The molecule has 5 nitrogen and oxygen atoms in total. The van der Waals surface area contributed by atoms with E-state index in [1.54, 1.807) is 0 Å². The Bertz CT molecular complexity index is 801. The molecule has 2 saturated carbocycles. The van der Waals surface area contributed by atoms with E-state index >= 15 is 0 Å². The number of hydrogen-bond acceptors (Lipinski definition) is 3. The Balaban J connectivity index is 0.00000218. The summed E-state index contributed by atoms with van der Waals surface area (Å²) in [6.45, 7) is 2.29. The van der Waals surface area contributed by atoms with Crippen molar-refractivity contribution in [2.45, 2.75) is 56.7 Å². The van der Waals surface area contributed by atoms with E-state index in [-0.39, 0.29) is 35.4 Å². The van der Waals surface area contributed by atoms with Gasteiger partial charge in [-0.15, -0.1) is 24.0 Å². The molecule has 30 heavy (non-hydrogen) atoms. The molecule has 0 amide bonds. The van der Waals surface area contributed by atoms with Gasteiger partial charge in [0, 0.05) is 56.2 Å². The lowest BCUT2D eigenvalue weighted by Crippen LogP contribution is -2.69. The van der Waals surface area contributed by atoms with Gasteiger partial charge in [-0.1, -0.05) is 12.8 Å². The van der Waals surface area contributed by atoms with Crippen molar-refractivity contribution in [3.8, 4) is 0 Å². The average Bonchev–Trinajstić information content (AvgIpc) is 3.44. The summed E-state index contributed by atoms with van der Waals surface area (Å²) < 4.78 is 33.4. The van der Waals surface area contributed by atoms with Gasteiger partial charge in [0.1, 0.15) is 11.6 Å². The van der Waals surface area contributed by atoms with Crippen LogP contribution in [0.4, 0.5) is 14.5 Å². The molecule has 1 aromatic rings. The van der Waals surface area contributed by atoms with Gasteiger partial charge in [0.05, 0.1) is 11.8 Å². The molecule has 2 N–H and O–H groups in total. The molecule has 4 unspecified atom stereocenters. The van der Waals surface area contributed by atoms with Crippen molar-refractivity contribution in [2.75, 3.05) is 31.6 Å². The standard InChI is InChI=1S/C22H30F2N4O.HI/c1-25-21(27-19-16-7-11-29-20(16)22(19)8-2-3-9-22)26-15-6-10-28(13-15)18-5-4-14(23)12-17(18)24;/h4-5,12,15-16,19-20H,2-3,6-11,13H2,1H3,(H2,25,26,27);1H. The molecule has 2 saturated heterocycles. The van der Waals surface area contributed by atoms with Crippen LogP contribution in [0.1, 0.15) is 38.5 Å². The Kier molecular flexibility index (Phi) is 6.44. The summed E-state index contributed by atoms with van der Waals surface area (Å²) in [4.78, 5) is 6.46. The lowest BCUT2D eigenvalue weighted by Gasteiger charge is -2.57. The van der Waals surface area contributed by atoms with Gasteiger partial charge in [-0.2, -0.15) is 0 Å². The summed E-state index contributed by atoms with van der Waals surface area (Å²) in [5.74, 6) is 0.372. The lowest BCUT2D eigenvalue weighted by molar-refractivity contribution is -0.125. The van der Waals surface area contributed by atoms with Crippen LogP contribution in [0.25, 0.3) is 0 Å². The van der Waals surface area contributed by atoms with E-state index in [0.29, 0.717) is 30.3 Å². The first-order valence-corrected chi connectivity index (χ1v) is 10.9. The Morgan fingerprint density at radius 1 is 1.20 bits per heavy atom. The molecule has 4 atom stereocenters. The summed E-state index contributed by atoms with van der Waals surface area (Å²) in [7, 11) is 1.81. The molecule has 2 aliphatic heterocycles. The van der Waals surface area contributed by atoms with Crippen molar-refractivity contribution in [2.24, 2.45) is 16.3 Å². The number of anilines is 1. The molecule has 0 bridgehead atoms. The molecular formula is C22H31F2IN4O. The highest BCUT2D eigenvalue weighted by molar-refractivity contribution is 14.0. The van der Waals surface area contributed by atoms with Crippen molar-refractivity contribution in [1.29, 1.82) is 0 Å². The third-order valence-corrected chi connectivity index (χ3v) is 7.58. The number of halogens is 3. The highest BCUT2D eigenvalue weighted by atomic mass is 127. The first-order valence-electron chi connectivity index (χ1n) is 10.9. The van der Waals surface area contributed by atoms with E-state index in [1.807, 2.05) is 11.9 Å². The molecule has 1 aromatic carbocycles. The van der Waals surface area contributed by atoms with Crippen molar-refractivity contribution in [3.63, 3.8) is 0 Å². The quantitative estimate of drug-likeness (QED) is 0.355. The zero-order valence-corrected chi connectivity index (χ0v) is 19.7. The lowest BCUT2D eigenvalue weighted by atomic mass is 9.54. The summed E-state index contributed by atoms with van der Waals surface area (Å²) in [6, 6.07) is 4.40. The molecule has 8 heteroatoms. The number of hydrogen-bond donors (Lipinski definition) is 2. The van der Waals surface area contributed by atoms with E-state index in [1.165, 1.54) is 37.8 Å². The minimum atomic E-state index is -0.541. The van der Waals surface area contributed by atoms with E-state index in [4.69, 9.17) is 4.74 Å². The van der Waals surface area contributed by atoms with Gasteiger partial charge in [0.15, 0.2) is 5.96 Å². The molecule has 0 radical (unpaired) electrons. The molecule has 2 heterocycles. The number of benzene rings is 1. The van der Waals surface area contributed by atoms with Gasteiger partial charge in [-0.05, 0) is 37.8 Å². The molecule has 5 rings (SSSR count). The monoisotopic (exact) mass is 532 g/mol. The van der Waals surface area contributed by atoms with Crippen molar-refractivity contribution in [3.05, 3.63) is 29.8 Å². The maximum atomic E-state index is 14.1. The third-order valence-electron chi connectivity index (χ3n) is 7.58. The van der Waals surface area contributed by atoms with Crippen LogP contribution in [-0.2, 0) is 4.74 Å². The van der Waals surface area contributed by atoms with E-state index in [2.05, 4.69) is 15.6 Å². The van der Waals surface area contributed by atoms with Crippen LogP contribution in [0.3, 0.4) is 0 Å². The topological polar surface area (TPSA) is 48.9 Å². The molecule has 166 valence electrons. The molecular weight excluding hydrogens is 501 g/mol. The molecule has 1 spiro atoms. The zero-order chi connectivity index (χ0) is 20.0. The predicted octanol–water partition coefficient (Wildman–Crippen LogP) is 3.67. The second-order valence-electron chi connectivity index (χ2n) is 9.05. The fourth-order valence-electron chi connectivity index (χ4n) is 6.25. The number of ether oxygens (including phenoxy) is 1. The second-order valence-corrected chi connectivity index (χ2v) is 9.05. The fraction of sp³-hybridized carbons (Fsp3) is 0.682. The number of fused-ring (bicyclic) bond motifs is 2. The van der Waals surface area contributed by atoms with Crippen LogP contribution >= 0.6 is 24.0 Å². The van der Waals surface area contributed by atoms with Gasteiger partial charge < -0.3 is 20.3 Å². The summed E-state index contributed by atoms with van der Waals surface area (Å²) >= 11 is 0. The maximum absolute atomic E-state index is 14.1. The SMILES string of the molecule is CN=C(NC1CCN(c2ccc(F)cc2F)C1)NC1C2CCOC2C12CCCC2.I. The molecule has 4 fully saturated rings. The first-order chi connectivity index (χ1) is 14.1. The average molecular weight is 532 g/mol. The third kappa shape index (κ3) is 3.67. The van der Waals surface area contributed by atoms with Gasteiger partial charge in [-0.25, -0.2) is 8.78 Å². The number of aliphatic imine (C=N–C) groups is 1. The van der Waals surface area contributed by atoms with Gasteiger partial charge in [-0.3, -0.25) is 4.99 Å². The zero-order valence-electron chi connectivity index (χ0n) is 17.4. The highest BCUT2D eigenvalue weighted by Gasteiger charge is 2.65. The molecule has 0 aromatic heterocycles. The van der Waals surface area contributed by atoms with Crippen molar-refractivity contribution in [1.82, 2.24) is 10.6 Å². The summed E-state index contributed by atoms with van der Waals surface area (Å²) in [5.41, 5.74) is 0.742. The maximum Gasteiger partial charge on any atom is 0.191 e. The molecule has 4 aliphatic rings. The first kappa shape index (κ1) is 22.0. The Labute approximate surface area is 194 Å². The minimum absolute atomic E-state index is 0. The number of nitrogens with one attached hydrogen (secondary N) is 2. The van der Waals surface area contributed by atoms with Crippen LogP contribution in [0.15, 0.2) is 23.2 Å². The van der Waals surface area contributed by atoms with Crippen LogP contribution in [0.5, 0.6) is 0 Å². The van der Waals surface area contributed by atoms with E-state index in [9.17, 15) is 8.78 Å². The number of guanidine groups is 1.